The molecule has 146 valence electrons. The van der Waals surface area contributed by atoms with Gasteiger partial charge in [-0.1, -0.05) is 24.3 Å². The topological polar surface area (TPSA) is 69.8 Å². The van der Waals surface area contributed by atoms with Crippen molar-refractivity contribution >= 4 is 26.6 Å². The Labute approximate surface area is 169 Å². The Balaban J connectivity index is 1.93. The number of rotatable bonds is 4. The minimum Gasteiger partial charge on any atom is -0.275 e. The summed E-state index contributed by atoms with van der Waals surface area (Å²) in [6, 6.07) is 12.3. The molecule has 29 heavy (non-hydrogen) atoms. The van der Waals surface area contributed by atoms with Crippen molar-refractivity contribution in [3.8, 4) is 11.1 Å². The van der Waals surface area contributed by atoms with E-state index in [-0.39, 0.29) is 4.90 Å². The van der Waals surface area contributed by atoms with Gasteiger partial charge in [-0.3, -0.25) is 4.68 Å². The summed E-state index contributed by atoms with van der Waals surface area (Å²) < 4.78 is 30.7. The normalized spacial score (nSPS) is 14.4. The third kappa shape index (κ3) is 2.81. The van der Waals surface area contributed by atoms with Crippen LogP contribution in [-0.2, 0) is 17.1 Å². The number of nitrogens with zero attached hydrogens (tertiary/aromatic N) is 4. The van der Waals surface area contributed by atoms with Gasteiger partial charge in [0.25, 0.3) is 10.0 Å². The molecular formula is C22H20N4O2S. The fourth-order valence-electron chi connectivity index (χ4n) is 4.04. The van der Waals surface area contributed by atoms with Gasteiger partial charge in [-0.15, -0.1) is 0 Å². The van der Waals surface area contributed by atoms with Gasteiger partial charge in [-0.05, 0) is 49.1 Å². The molecule has 0 saturated carbocycles. The molecule has 1 aromatic carbocycles. The summed E-state index contributed by atoms with van der Waals surface area (Å²) in [5.41, 5.74) is 3.94. The van der Waals surface area contributed by atoms with E-state index in [0.29, 0.717) is 11.3 Å². The number of aromatic nitrogens is 4. The molecule has 0 radical (unpaired) electrons. The number of benzene rings is 1. The van der Waals surface area contributed by atoms with Gasteiger partial charge >= 0.3 is 0 Å². The highest BCUT2D eigenvalue weighted by molar-refractivity contribution is 7.90. The molecule has 0 fully saturated rings. The number of allylic oxidation sites excluding steroid dienone is 2. The molecule has 0 atom stereocenters. The maximum absolute atomic E-state index is 13.8. The Morgan fingerprint density at radius 1 is 1.07 bits per heavy atom. The van der Waals surface area contributed by atoms with E-state index in [2.05, 4.69) is 16.2 Å². The van der Waals surface area contributed by atoms with Crippen LogP contribution in [0.15, 0.2) is 72.0 Å². The van der Waals surface area contributed by atoms with Crippen LogP contribution in [0.5, 0.6) is 0 Å². The number of hydrogen-bond donors (Lipinski definition) is 0. The van der Waals surface area contributed by atoms with Crippen LogP contribution in [0.25, 0.3) is 27.7 Å². The molecule has 0 spiro atoms. The Bertz CT molecular complexity index is 1350. The predicted molar refractivity (Wildman–Crippen MR) is 113 cm³/mol. The first-order valence-electron chi connectivity index (χ1n) is 9.56. The lowest BCUT2D eigenvalue weighted by Gasteiger charge is -2.13. The SMILES string of the molecule is Cn1cc(-c2c(C3=CCCC3)n(S(=O)(=O)c3ccccc3)c3ncccc23)cn1. The average molecular weight is 404 g/mol. The second-order valence-corrected chi connectivity index (χ2v) is 8.99. The second kappa shape index (κ2) is 6.70. The molecule has 3 heterocycles. The largest absolute Gasteiger partial charge is 0.275 e. The van der Waals surface area contributed by atoms with Crippen molar-refractivity contribution in [3.63, 3.8) is 0 Å². The van der Waals surface area contributed by atoms with Gasteiger partial charge < -0.3 is 0 Å². The van der Waals surface area contributed by atoms with Crippen LogP contribution in [0.3, 0.4) is 0 Å². The molecule has 5 rings (SSSR count). The van der Waals surface area contributed by atoms with Crippen molar-refractivity contribution in [1.29, 1.82) is 0 Å². The van der Waals surface area contributed by atoms with Gasteiger partial charge in [-0.2, -0.15) is 5.10 Å². The smallest absolute Gasteiger partial charge is 0.269 e. The van der Waals surface area contributed by atoms with Gasteiger partial charge in [0.2, 0.25) is 0 Å². The van der Waals surface area contributed by atoms with Crippen LogP contribution < -0.4 is 0 Å². The summed E-state index contributed by atoms with van der Waals surface area (Å²) in [4.78, 5) is 4.74. The van der Waals surface area contributed by atoms with Crippen LogP contribution in [0.4, 0.5) is 0 Å². The first-order chi connectivity index (χ1) is 14.1. The summed E-state index contributed by atoms with van der Waals surface area (Å²) >= 11 is 0. The van der Waals surface area contributed by atoms with Crippen LogP contribution in [-0.4, -0.2) is 27.2 Å². The van der Waals surface area contributed by atoms with E-state index >= 15 is 0 Å². The van der Waals surface area contributed by atoms with Gasteiger partial charge in [0, 0.05) is 36.0 Å². The van der Waals surface area contributed by atoms with E-state index in [9.17, 15) is 8.42 Å². The van der Waals surface area contributed by atoms with Crippen LogP contribution in [0.2, 0.25) is 0 Å². The van der Waals surface area contributed by atoms with Gasteiger partial charge in [0.05, 0.1) is 16.8 Å². The fourth-order valence-corrected chi connectivity index (χ4v) is 5.57. The van der Waals surface area contributed by atoms with Gasteiger partial charge in [0.15, 0.2) is 5.65 Å². The Morgan fingerprint density at radius 2 is 1.90 bits per heavy atom. The average Bonchev–Trinajstić information content (AvgIpc) is 3.46. The van der Waals surface area contributed by atoms with Crippen LogP contribution >= 0.6 is 0 Å². The molecule has 3 aromatic heterocycles. The molecule has 6 nitrogen and oxygen atoms in total. The minimum atomic E-state index is -3.83. The second-order valence-electron chi connectivity index (χ2n) is 7.20. The fraction of sp³-hybridized carbons (Fsp3) is 0.182. The minimum absolute atomic E-state index is 0.250. The number of hydrogen-bond acceptors (Lipinski definition) is 4. The van der Waals surface area contributed by atoms with Gasteiger partial charge in [0.1, 0.15) is 0 Å². The van der Waals surface area contributed by atoms with Crippen molar-refractivity contribution in [1.82, 2.24) is 18.7 Å². The van der Waals surface area contributed by atoms with Crippen molar-refractivity contribution in [2.45, 2.75) is 24.2 Å². The lowest BCUT2D eigenvalue weighted by atomic mass is 10.0. The summed E-state index contributed by atoms with van der Waals surface area (Å²) in [5.74, 6) is 0. The molecule has 0 bridgehead atoms. The van der Waals surface area contributed by atoms with E-state index in [4.69, 9.17) is 0 Å². The highest BCUT2D eigenvalue weighted by Gasteiger charge is 2.31. The zero-order valence-corrected chi connectivity index (χ0v) is 16.8. The van der Waals surface area contributed by atoms with E-state index < -0.39 is 10.0 Å². The van der Waals surface area contributed by atoms with Crippen molar-refractivity contribution < 1.29 is 8.42 Å². The zero-order valence-electron chi connectivity index (χ0n) is 16.0. The zero-order chi connectivity index (χ0) is 20.0. The maximum atomic E-state index is 13.8. The summed E-state index contributed by atoms with van der Waals surface area (Å²) in [5, 5.41) is 5.12. The van der Waals surface area contributed by atoms with E-state index in [1.807, 2.05) is 31.4 Å². The van der Waals surface area contributed by atoms with Crippen molar-refractivity contribution in [2.24, 2.45) is 7.05 Å². The highest BCUT2D eigenvalue weighted by atomic mass is 32.2. The molecule has 4 aromatic rings. The van der Waals surface area contributed by atoms with Crippen molar-refractivity contribution in [2.75, 3.05) is 0 Å². The van der Waals surface area contributed by atoms with Crippen molar-refractivity contribution in [3.05, 3.63) is 72.8 Å². The number of pyridine rings is 1. The monoisotopic (exact) mass is 404 g/mol. The van der Waals surface area contributed by atoms with E-state index in [0.717, 1.165) is 41.3 Å². The quantitative estimate of drug-likeness (QED) is 0.510. The Kier molecular flexibility index (Phi) is 4.13. The predicted octanol–water partition coefficient (Wildman–Crippen LogP) is 4.24. The number of aryl methyl sites for hydroxylation is 1. The molecule has 0 saturated heterocycles. The molecule has 0 N–H and O–H groups in total. The molecule has 7 heteroatoms. The summed E-state index contributed by atoms with van der Waals surface area (Å²) in [6.07, 6.45) is 10.3. The van der Waals surface area contributed by atoms with Crippen LogP contribution in [0, 0.1) is 0 Å². The lowest BCUT2D eigenvalue weighted by Crippen LogP contribution is -2.16. The lowest BCUT2D eigenvalue weighted by molar-refractivity contribution is 0.588. The molecule has 1 aliphatic carbocycles. The third-order valence-corrected chi connectivity index (χ3v) is 7.01. The standard InChI is InChI=1S/C22H20N4O2S/c1-25-15-17(14-24-25)20-19-12-7-13-23-22(19)26(21(20)16-8-5-6-9-16)29(27,28)18-10-3-2-4-11-18/h2-4,7-8,10-15H,5-6,9H2,1H3. The number of fused-ring (bicyclic) bond motifs is 1. The third-order valence-electron chi connectivity index (χ3n) is 5.31. The molecular weight excluding hydrogens is 384 g/mol. The molecule has 0 aliphatic heterocycles. The first kappa shape index (κ1) is 17.9. The molecule has 0 unspecified atom stereocenters. The summed E-state index contributed by atoms with van der Waals surface area (Å²) in [6.45, 7) is 0. The van der Waals surface area contributed by atoms with E-state index in [1.165, 1.54) is 3.97 Å². The first-order valence-corrected chi connectivity index (χ1v) is 11.0. The van der Waals surface area contributed by atoms with Gasteiger partial charge in [-0.25, -0.2) is 17.4 Å². The van der Waals surface area contributed by atoms with E-state index in [1.54, 1.807) is 41.3 Å². The molecule has 0 amide bonds. The Morgan fingerprint density at radius 3 is 2.59 bits per heavy atom. The molecule has 1 aliphatic rings. The summed E-state index contributed by atoms with van der Waals surface area (Å²) in [7, 11) is -1.97. The maximum Gasteiger partial charge on any atom is 0.269 e. The Hall–Kier alpha value is -3.19. The van der Waals surface area contributed by atoms with Crippen LogP contribution in [0.1, 0.15) is 25.0 Å². The highest BCUT2D eigenvalue weighted by Crippen LogP contribution is 2.42.